The molecule has 0 saturated carbocycles. The van der Waals surface area contributed by atoms with Crippen LogP contribution in [0.4, 0.5) is 48.3 Å². The monoisotopic (exact) mass is 505 g/mol. The quantitative estimate of drug-likeness (QED) is 0.315. The van der Waals surface area contributed by atoms with Gasteiger partial charge in [-0.25, -0.2) is 22.8 Å². The molecule has 0 amide bonds. The normalized spacial score (nSPS) is 12.4. The Balaban J connectivity index is 2.23. The number of benzene rings is 1. The first-order chi connectivity index (χ1) is 15.5. The van der Waals surface area contributed by atoms with Crippen molar-refractivity contribution in [2.24, 2.45) is 0 Å². The van der Waals surface area contributed by atoms with E-state index in [9.17, 15) is 57.9 Å². The molecule has 0 spiro atoms. The van der Waals surface area contributed by atoms with Gasteiger partial charge in [0.25, 0.3) is 11.5 Å². The molecule has 0 fully saturated rings. The van der Waals surface area contributed by atoms with E-state index in [0.717, 1.165) is 6.92 Å². The van der Waals surface area contributed by atoms with Gasteiger partial charge in [-0.3, -0.25) is 14.7 Å². The zero-order valence-corrected chi connectivity index (χ0v) is 16.0. The van der Waals surface area contributed by atoms with Crippen molar-refractivity contribution in [1.29, 1.82) is 0 Å². The molecule has 34 heavy (non-hydrogen) atoms. The highest BCUT2D eigenvalue weighted by atomic mass is 19.4. The number of carbonyl (C=O) groups excluding carboxylic acids is 1. The summed E-state index contributed by atoms with van der Waals surface area (Å²) in [7, 11) is 0. The Hall–Kier alpha value is -3.72. The van der Waals surface area contributed by atoms with E-state index in [0.29, 0.717) is 0 Å². The second-order valence-electron chi connectivity index (χ2n) is 6.62. The Bertz CT molecular complexity index is 1360. The zero-order chi connectivity index (χ0) is 25.9. The van der Waals surface area contributed by atoms with Crippen molar-refractivity contribution in [3.05, 3.63) is 79.8 Å². The van der Waals surface area contributed by atoms with Crippen LogP contribution < -0.4 is 5.56 Å². The average molecular weight is 505 g/mol. The van der Waals surface area contributed by atoms with Gasteiger partial charge in [-0.05, 0) is 19.1 Å². The van der Waals surface area contributed by atoms with E-state index in [2.05, 4.69) is 4.98 Å². The number of aromatic nitrogens is 3. The Morgan fingerprint density at radius 3 is 1.91 bits per heavy atom. The van der Waals surface area contributed by atoms with Gasteiger partial charge in [0.1, 0.15) is 28.4 Å². The lowest BCUT2D eigenvalue weighted by molar-refractivity contribution is -0.144. The molecule has 5 nitrogen and oxygen atoms in total. The molecule has 3 aromatic rings. The highest BCUT2D eigenvalue weighted by molar-refractivity contribution is 6.09. The van der Waals surface area contributed by atoms with Gasteiger partial charge in [-0.1, -0.05) is 0 Å². The summed E-state index contributed by atoms with van der Waals surface area (Å²) in [6.07, 6.45) is -11.1. The highest BCUT2D eigenvalue weighted by Crippen LogP contribution is 2.35. The molecule has 1 aromatic carbocycles. The number of hydrogen-bond donors (Lipinski definition) is 1. The van der Waals surface area contributed by atoms with E-state index in [4.69, 9.17) is 0 Å². The van der Waals surface area contributed by atoms with Gasteiger partial charge in [-0.15, -0.1) is 0 Å². The molecule has 0 radical (unpaired) electrons. The van der Waals surface area contributed by atoms with Crippen molar-refractivity contribution in [3.63, 3.8) is 0 Å². The van der Waals surface area contributed by atoms with Crippen LogP contribution in [0.1, 0.15) is 32.9 Å². The predicted molar refractivity (Wildman–Crippen MR) is 88.6 cm³/mol. The summed E-state index contributed by atoms with van der Waals surface area (Å²) in [5, 5.41) is 1.81. The van der Waals surface area contributed by atoms with E-state index < -0.39 is 86.7 Å². The maximum absolute atomic E-state index is 14.3. The molecule has 0 aliphatic rings. The Morgan fingerprint density at radius 1 is 0.912 bits per heavy atom. The first kappa shape index (κ1) is 24.9. The number of nitrogens with zero attached hydrogens (tertiary/aromatic N) is 2. The Labute approximate surface area is 179 Å². The minimum Gasteiger partial charge on any atom is -0.294 e. The summed E-state index contributed by atoms with van der Waals surface area (Å²) >= 11 is 0. The number of halogens is 11. The van der Waals surface area contributed by atoms with Gasteiger partial charge in [0.15, 0.2) is 11.5 Å². The fraction of sp³-hybridized carbons (Fsp3) is 0.167. The molecular formula is C18H6F11N3O2. The van der Waals surface area contributed by atoms with Gasteiger partial charge in [0, 0.05) is 11.3 Å². The average Bonchev–Trinajstić information content (AvgIpc) is 2.95. The fourth-order valence-electron chi connectivity index (χ4n) is 2.98. The lowest BCUT2D eigenvalue weighted by Gasteiger charge is -2.12. The molecule has 0 saturated heterocycles. The van der Waals surface area contributed by atoms with E-state index in [1.54, 1.807) is 5.10 Å². The van der Waals surface area contributed by atoms with Crippen LogP contribution >= 0.6 is 0 Å². The molecule has 0 unspecified atom stereocenters. The summed E-state index contributed by atoms with van der Waals surface area (Å²) in [5.41, 5.74) is -11.6. The number of hydrogen-bond acceptors (Lipinski definition) is 3. The number of pyridine rings is 1. The molecule has 0 bridgehead atoms. The van der Waals surface area contributed by atoms with Gasteiger partial charge < -0.3 is 0 Å². The van der Waals surface area contributed by atoms with Crippen LogP contribution in [0.2, 0.25) is 0 Å². The first-order valence-corrected chi connectivity index (χ1v) is 8.51. The van der Waals surface area contributed by atoms with Crippen LogP contribution in [0.5, 0.6) is 0 Å². The van der Waals surface area contributed by atoms with Gasteiger partial charge in [-0.2, -0.15) is 35.1 Å². The number of ketones is 1. The van der Waals surface area contributed by atoms with E-state index in [1.807, 2.05) is 0 Å². The number of aromatic amines is 1. The van der Waals surface area contributed by atoms with Crippen molar-refractivity contribution in [2.75, 3.05) is 0 Å². The second kappa shape index (κ2) is 7.95. The van der Waals surface area contributed by atoms with Crippen molar-refractivity contribution < 1.29 is 53.1 Å². The van der Waals surface area contributed by atoms with Crippen molar-refractivity contribution in [1.82, 2.24) is 14.8 Å². The van der Waals surface area contributed by atoms with Crippen LogP contribution in [-0.4, -0.2) is 20.5 Å². The van der Waals surface area contributed by atoms with E-state index >= 15 is 0 Å². The van der Waals surface area contributed by atoms with E-state index in [1.165, 1.54) is 0 Å². The predicted octanol–water partition coefficient (Wildman–Crippen LogP) is 4.83. The van der Waals surface area contributed by atoms with Crippen molar-refractivity contribution in [2.45, 2.75) is 19.3 Å². The SMILES string of the molecule is Cc1[nH]n(-c2c(F)c(F)nc(C(F)(F)F)c2F)c(=O)c1C(=O)c1cc(F)c(C(F)(F)F)c(F)c1. The highest BCUT2D eigenvalue weighted by Gasteiger charge is 2.41. The van der Waals surface area contributed by atoms with Gasteiger partial charge in [0.2, 0.25) is 11.6 Å². The number of aryl methyl sites for hydroxylation is 1. The largest absolute Gasteiger partial charge is 0.436 e. The number of rotatable bonds is 3. The third-order valence-electron chi connectivity index (χ3n) is 4.39. The smallest absolute Gasteiger partial charge is 0.294 e. The molecule has 0 aliphatic carbocycles. The third kappa shape index (κ3) is 4.03. The molecule has 1 N–H and O–H groups in total. The van der Waals surface area contributed by atoms with Crippen molar-refractivity contribution >= 4 is 5.78 Å². The lowest BCUT2D eigenvalue weighted by atomic mass is 10.0. The third-order valence-corrected chi connectivity index (χ3v) is 4.39. The molecule has 16 heteroatoms. The maximum Gasteiger partial charge on any atom is 0.436 e. The molecule has 0 atom stereocenters. The molecular weight excluding hydrogens is 499 g/mol. The summed E-state index contributed by atoms with van der Waals surface area (Å²) in [4.78, 5) is 27.2. The van der Waals surface area contributed by atoms with Crippen molar-refractivity contribution in [3.8, 4) is 5.69 Å². The molecule has 3 rings (SSSR count). The van der Waals surface area contributed by atoms with Crippen LogP contribution in [0.3, 0.4) is 0 Å². The summed E-state index contributed by atoms with van der Waals surface area (Å²) < 4.78 is 146. The Morgan fingerprint density at radius 2 is 1.44 bits per heavy atom. The molecule has 0 aliphatic heterocycles. The Kier molecular flexibility index (Phi) is 5.82. The standard InChI is InChI=1S/C18H6F11N3O2/c1-4-8(13(33)5-2-6(19)9(7(20)3-5)17(24,25)26)16(34)32(31-4)12-10(21)14(18(27,28)29)30-15(23)11(12)22/h2-3,31H,1H3. The number of carbonyl (C=O) groups is 1. The lowest BCUT2D eigenvalue weighted by Crippen LogP contribution is -2.25. The maximum atomic E-state index is 14.3. The van der Waals surface area contributed by atoms with Crippen LogP contribution in [0.25, 0.3) is 5.69 Å². The summed E-state index contributed by atoms with van der Waals surface area (Å²) in [6, 6.07) is -0.140. The zero-order valence-electron chi connectivity index (χ0n) is 16.0. The molecule has 2 aromatic heterocycles. The number of H-pyrrole nitrogens is 1. The minimum atomic E-state index is -5.63. The second-order valence-corrected chi connectivity index (χ2v) is 6.62. The first-order valence-electron chi connectivity index (χ1n) is 8.51. The van der Waals surface area contributed by atoms with Crippen LogP contribution in [-0.2, 0) is 12.4 Å². The number of nitrogens with one attached hydrogen (secondary N) is 1. The van der Waals surface area contributed by atoms with Crippen LogP contribution in [0, 0.1) is 36.1 Å². The summed E-state index contributed by atoms with van der Waals surface area (Å²) in [6.45, 7) is 0.861. The number of alkyl halides is 6. The van der Waals surface area contributed by atoms with Crippen LogP contribution in [0.15, 0.2) is 16.9 Å². The van der Waals surface area contributed by atoms with Gasteiger partial charge >= 0.3 is 12.4 Å². The van der Waals surface area contributed by atoms with Gasteiger partial charge in [0.05, 0.1) is 0 Å². The topological polar surface area (TPSA) is 67.8 Å². The molecule has 182 valence electrons. The van der Waals surface area contributed by atoms with E-state index in [-0.39, 0.29) is 16.8 Å². The molecule has 2 heterocycles. The summed E-state index contributed by atoms with van der Waals surface area (Å²) in [5.74, 6) is -13.5. The minimum absolute atomic E-state index is 0.0700. The fourth-order valence-corrected chi connectivity index (χ4v) is 2.98.